The topological polar surface area (TPSA) is 38.9 Å². The Morgan fingerprint density at radius 2 is 2.23 bits per heavy atom. The van der Waals surface area contributed by atoms with Crippen LogP contribution in [0.5, 0.6) is 0 Å². The van der Waals surface area contributed by atoms with Gasteiger partial charge in [-0.2, -0.15) is 0 Å². The molecule has 1 heterocycles. The van der Waals surface area contributed by atoms with E-state index in [4.69, 9.17) is 5.73 Å². The van der Waals surface area contributed by atoms with E-state index in [2.05, 4.69) is 4.98 Å². The third kappa shape index (κ3) is 2.14. The van der Waals surface area contributed by atoms with Gasteiger partial charge < -0.3 is 5.73 Å². The number of nitrogens with zero attached hydrogens (tertiary/aromatic N) is 1. The summed E-state index contributed by atoms with van der Waals surface area (Å²) >= 11 is 1.84. The monoisotopic (exact) mass is 298 g/mol. The Bertz CT molecular complexity index is 315. The highest BCUT2D eigenvalue weighted by Crippen LogP contribution is 2.28. The predicted octanol–water partition coefficient (Wildman–Crippen LogP) is 2.39. The number of hydrogen-bond acceptors (Lipinski definition) is 2. The van der Waals surface area contributed by atoms with E-state index < -0.39 is 6.43 Å². The molecule has 1 rings (SSSR count). The normalized spacial score (nSPS) is 10.9. The fourth-order valence-electron chi connectivity index (χ4n) is 1.13. The van der Waals surface area contributed by atoms with Gasteiger partial charge in [0.05, 0.1) is 0 Å². The van der Waals surface area contributed by atoms with Crippen LogP contribution in [0.1, 0.15) is 23.2 Å². The second kappa shape index (κ2) is 4.28. The minimum atomic E-state index is -2.48. The summed E-state index contributed by atoms with van der Waals surface area (Å²) in [6, 6.07) is 0. The largest absolute Gasteiger partial charge is 0.326 e. The molecule has 0 aliphatic carbocycles. The molecule has 5 heteroatoms. The Morgan fingerprint density at radius 3 is 2.62 bits per heavy atom. The van der Waals surface area contributed by atoms with Crippen LogP contribution in [0, 0.1) is 10.5 Å². The number of nitrogens with two attached hydrogens (primary N) is 1. The number of aromatic nitrogens is 1. The first-order chi connectivity index (χ1) is 6.07. The van der Waals surface area contributed by atoms with Gasteiger partial charge in [-0.05, 0) is 35.1 Å². The van der Waals surface area contributed by atoms with Crippen LogP contribution in [0.25, 0.3) is 0 Å². The number of alkyl halides is 2. The van der Waals surface area contributed by atoms with Crippen LogP contribution < -0.4 is 5.73 Å². The molecular weight excluding hydrogens is 289 g/mol. The van der Waals surface area contributed by atoms with Gasteiger partial charge in [0, 0.05) is 27.6 Å². The summed E-state index contributed by atoms with van der Waals surface area (Å²) in [5.74, 6) is 0. The van der Waals surface area contributed by atoms with Crippen molar-refractivity contribution >= 4 is 22.6 Å². The van der Waals surface area contributed by atoms with Gasteiger partial charge in [0.25, 0.3) is 6.43 Å². The molecule has 13 heavy (non-hydrogen) atoms. The number of rotatable bonds is 2. The molecule has 2 nitrogen and oxygen atoms in total. The fraction of sp³-hybridized carbons (Fsp3) is 0.375. The van der Waals surface area contributed by atoms with E-state index in [0.717, 1.165) is 0 Å². The van der Waals surface area contributed by atoms with Crippen LogP contribution in [0.2, 0.25) is 0 Å². The van der Waals surface area contributed by atoms with Crippen molar-refractivity contribution in [1.29, 1.82) is 0 Å². The Morgan fingerprint density at radius 1 is 1.62 bits per heavy atom. The fourth-order valence-corrected chi connectivity index (χ4v) is 1.83. The molecule has 0 spiro atoms. The van der Waals surface area contributed by atoms with E-state index in [-0.39, 0.29) is 12.1 Å². The van der Waals surface area contributed by atoms with Crippen LogP contribution in [-0.2, 0) is 6.54 Å². The average Bonchev–Trinajstić information content (AvgIpc) is 2.07. The predicted molar refractivity (Wildman–Crippen MR) is 54.5 cm³/mol. The maximum absolute atomic E-state index is 12.6. The molecule has 0 radical (unpaired) electrons. The van der Waals surface area contributed by atoms with Gasteiger partial charge in [-0.3, -0.25) is 4.98 Å². The van der Waals surface area contributed by atoms with Crippen LogP contribution >= 0.6 is 22.6 Å². The maximum atomic E-state index is 12.6. The highest BCUT2D eigenvalue weighted by atomic mass is 127. The minimum Gasteiger partial charge on any atom is -0.326 e. The van der Waals surface area contributed by atoms with E-state index >= 15 is 0 Å². The van der Waals surface area contributed by atoms with Gasteiger partial charge in [0.1, 0.15) is 0 Å². The number of pyridine rings is 1. The standard InChI is InChI=1S/C8H9F2IN2/c1-4-5(2-12)7(8(9)10)6(11)3-13-4/h3,8H,2,12H2,1H3. The van der Waals surface area contributed by atoms with Gasteiger partial charge >= 0.3 is 0 Å². The molecular formula is C8H9F2IN2. The first-order valence-electron chi connectivity index (χ1n) is 3.70. The molecule has 1 aromatic heterocycles. The minimum absolute atomic E-state index is 0.0237. The molecule has 0 saturated heterocycles. The summed E-state index contributed by atoms with van der Waals surface area (Å²) in [6.45, 7) is 1.79. The zero-order valence-corrected chi connectivity index (χ0v) is 9.18. The third-order valence-electron chi connectivity index (χ3n) is 1.81. The molecule has 0 saturated carbocycles. The van der Waals surface area contributed by atoms with Crippen molar-refractivity contribution in [1.82, 2.24) is 4.98 Å². The number of halogens is 3. The molecule has 0 unspecified atom stereocenters. The van der Waals surface area contributed by atoms with E-state index in [1.54, 1.807) is 6.92 Å². The van der Waals surface area contributed by atoms with Crippen LogP contribution in [0.3, 0.4) is 0 Å². The smallest absolute Gasteiger partial charge is 0.265 e. The Labute approximate surface area is 88.7 Å². The molecule has 0 amide bonds. The van der Waals surface area contributed by atoms with Crippen LogP contribution in [0.15, 0.2) is 6.20 Å². The SMILES string of the molecule is Cc1ncc(I)c(C(F)F)c1CN. The zero-order chi connectivity index (χ0) is 10.0. The number of aryl methyl sites for hydroxylation is 1. The van der Waals surface area contributed by atoms with E-state index in [9.17, 15) is 8.78 Å². The van der Waals surface area contributed by atoms with Gasteiger partial charge in [0.2, 0.25) is 0 Å². The molecule has 0 aromatic carbocycles. The second-order valence-corrected chi connectivity index (χ2v) is 3.75. The van der Waals surface area contributed by atoms with Gasteiger partial charge in [-0.15, -0.1) is 0 Å². The van der Waals surface area contributed by atoms with E-state index in [1.807, 2.05) is 22.6 Å². The van der Waals surface area contributed by atoms with Gasteiger partial charge in [-0.1, -0.05) is 0 Å². The first kappa shape index (κ1) is 10.8. The molecule has 0 bridgehead atoms. The summed E-state index contributed by atoms with van der Waals surface area (Å²) in [7, 11) is 0. The third-order valence-corrected chi connectivity index (χ3v) is 2.67. The van der Waals surface area contributed by atoms with E-state index in [0.29, 0.717) is 14.8 Å². The Hall–Kier alpha value is -0.300. The molecule has 0 atom stereocenters. The summed E-state index contributed by atoms with van der Waals surface area (Å²) in [5, 5.41) is 0. The van der Waals surface area contributed by atoms with Gasteiger partial charge in [-0.25, -0.2) is 8.78 Å². The summed E-state index contributed by atoms with van der Waals surface area (Å²) in [6.07, 6.45) is -1.04. The maximum Gasteiger partial charge on any atom is 0.265 e. The average molecular weight is 298 g/mol. The lowest BCUT2D eigenvalue weighted by Gasteiger charge is -2.10. The van der Waals surface area contributed by atoms with Crippen molar-refractivity contribution in [2.45, 2.75) is 19.9 Å². The van der Waals surface area contributed by atoms with Gasteiger partial charge in [0.15, 0.2) is 0 Å². The van der Waals surface area contributed by atoms with Crippen molar-refractivity contribution in [3.8, 4) is 0 Å². The molecule has 72 valence electrons. The van der Waals surface area contributed by atoms with Crippen molar-refractivity contribution in [2.24, 2.45) is 5.73 Å². The molecule has 0 aliphatic heterocycles. The summed E-state index contributed by atoms with van der Waals surface area (Å²) < 4.78 is 25.6. The van der Waals surface area contributed by atoms with Crippen molar-refractivity contribution in [2.75, 3.05) is 0 Å². The van der Waals surface area contributed by atoms with Crippen LogP contribution in [-0.4, -0.2) is 4.98 Å². The van der Waals surface area contributed by atoms with E-state index in [1.165, 1.54) is 6.20 Å². The second-order valence-electron chi connectivity index (χ2n) is 2.59. The van der Waals surface area contributed by atoms with Crippen molar-refractivity contribution < 1.29 is 8.78 Å². The lowest BCUT2D eigenvalue weighted by atomic mass is 10.1. The quantitative estimate of drug-likeness (QED) is 0.852. The number of hydrogen-bond donors (Lipinski definition) is 1. The first-order valence-corrected chi connectivity index (χ1v) is 4.78. The molecule has 0 fully saturated rings. The lowest BCUT2D eigenvalue weighted by Crippen LogP contribution is -2.08. The summed E-state index contributed by atoms with van der Waals surface area (Å²) in [4.78, 5) is 3.97. The summed E-state index contributed by atoms with van der Waals surface area (Å²) in [5.41, 5.74) is 6.45. The molecule has 2 N–H and O–H groups in total. The Balaban J connectivity index is 3.35. The highest BCUT2D eigenvalue weighted by molar-refractivity contribution is 14.1. The Kier molecular flexibility index (Phi) is 3.55. The van der Waals surface area contributed by atoms with Crippen molar-refractivity contribution in [3.63, 3.8) is 0 Å². The van der Waals surface area contributed by atoms with Crippen LogP contribution in [0.4, 0.5) is 8.78 Å². The van der Waals surface area contributed by atoms with Crippen molar-refractivity contribution in [3.05, 3.63) is 26.6 Å². The highest BCUT2D eigenvalue weighted by Gasteiger charge is 2.17. The molecule has 1 aromatic rings. The lowest BCUT2D eigenvalue weighted by molar-refractivity contribution is 0.149. The zero-order valence-electron chi connectivity index (χ0n) is 7.02. The molecule has 0 aliphatic rings.